The normalized spacial score (nSPS) is 10.4. The highest BCUT2D eigenvalue weighted by Gasteiger charge is 2.25. The first kappa shape index (κ1) is 61.4. The molecule has 4 N–H and O–H groups in total. The minimum Gasteiger partial charge on any atom is -0.453 e. The summed E-state index contributed by atoms with van der Waals surface area (Å²) in [7, 11) is 2.32. The Hall–Kier alpha value is -3.67. The van der Waals surface area contributed by atoms with Crippen LogP contribution in [0.3, 0.4) is 0 Å². The van der Waals surface area contributed by atoms with Gasteiger partial charge in [-0.05, 0) is 32.6 Å². The van der Waals surface area contributed by atoms with Crippen LogP contribution in [0.4, 0.5) is 71.5 Å². The van der Waals surface area contributed by atoms with Gasteiger partial charge in [-0.1, -0.05) is 25.7 Å². The first-order chi connectivity index (χ1) is 24.8. The monoisotopic (exact) mass is 818 g/mol. The second-order valence-corrected chi connectivity index (χ2v) is 8.98. The second kappa shape index (κ2) is 46.4. The summed E-state index contributed by atoms with van der Waals surface area (Å²) in [4.78, 5) is 45.4. The molecule has 0 bridgehead atoms. The van der Waals surface area contributed by atoms with Crippen LogP contribution in [0.2, 0.25) is 0 Å². The van der Waals surface area contributed by atoms with Gasteiger partial charge in [0.15, 0.2) is 13.7 Å². The van der Waals surface area contributed by atoms with Crippen molar-refractivity contribution in [1.29, 1.82) is 0 Å². The van der Waals surface area contributed by atoms with Crippen molar-refractivity contribution in [2.75, 3.05) is 74.6 Å². The summed E-state index contributed by atoms with van der Waals surface area (Å²) in [6.07, 6.45) is -6.49. The molecule has 0 spiro atoms. The van der Waals surface area contributed by atoms with Crippen LogP contribution in [0.1, 0.15) is 64.7 Å². The standard InChI is InChI=1S/C22H41FN4O7.C2H4F2O.2CF4.2CH3F/c1-18(17-33-21(30)26-15-9-6-5-8-14-25-20(29)32-2)34-22(31)27-16-10-4-3-7-13-24-19(28)11-12-23;3-1-5-2-4;2*2-1(3,4)5;2*1-2/h18H,3-17H2,1-2H3,(H,24,28)(H,25,29)(H,26,30)(H,27,31);1-2H2;;;2*1H3. The molecule has 4 amide bonds. The molecule has 0 aliphatic carbocycles. The summed E-state index contributed by atoms with van der Waals surface area (Å²) in [6, 6.07) is 0. The van der Waals surface area contributed by atoms with E-state index in [1.165, 1.54) is 7.11 Å². The Morgan fingerprint density at radius 2 is 0.906 bits per heavy atom. The Kier molecular flexibility index (Phi) is 53.7. The van der Waals surface area contributed by atoms with E-state index >= 15 is 0 Å². The van der Waals surface area contributed by atoms with Gasteiger partial charge in [0.1, 0.15) is 12.7 Å². The highest BCUT2D eigenvalue weighted by Crippen LogP contribution is 2.14. The van der Waals surface area contributed by atoms with Gasteiger partial charge in [0.2, 0.25) is 5.91 Å². The fourth-order valence-electron chi connectivity index (χ4n) is 2.78. The highest BCUT2D eigenvalue weighted by molar-refractivity contribution is 5.75. The summed E-state index contributed by atoms with van der Waals surface area (Å²) >= 11 is 0. The van der Waals surface area contributed by atoms with Gasteiger partial charge in [-0.3, -0.25) is 18.0 Å². The summed E-state index contributed by atoms with van der Waals surface area (Å²) < 4.78 is 148. The van der Waals surface area contributed by atoms with Crippen molar-refractivity contribution in [1.82, 2.24) is 21.3 Å². The van der Waals surface area contributed by atoms with Gasteiger partial charge in [0.25, 0.3) is 0 Å². The molecule has 0 heterocycles. The van der Waals surface area contributed by atoms with Crippen LogP contribution in [0.15, 0.2) is 0 Å². The molecule has 0 saturated carbocycles. The Balaban J connectivity index is -0.000000238. The zero-order valence-electron chi connectivity index (χ0n) is 29.8. The van der Waals surface area contributed by atoms with Gasteiger partial charge in [-0.15, -0.1) is 35.1 Å². The molecule has 53 heavy (non-hydrogen) atoms. The van der Waals surface area contributed by atoms with Crippen molar-refractivity contribution in [3.05, 3.63) is 0 Å². The first-order valence-electron chi connectivity index (χ1n) is 15.3. The predicted octanol–water partition coefficient (Wildman–Crippen LogP) is 7.76. The molecule has 322 valence electrons. The van der Waals surface area contributed by atoms with Crippen LogP contribution in [0.25, 0.3) is 0 Å². The van der Waals surface area contributed by atoms with E-state index in [9.17, 15) is 76.3 Å². The number of carbonyl (C=O) groups is 4. The fourth-order valence-corrected chi connectivity index (χ4v) is 2.78. The SMILES string of the molecule is CF.CF.COC(=O)NCCCCCCNC(=O)OCC(C)OC(=O)NCCCCCCNC(=O)CCF.FC(F)(F)F.FC(F)(F)F.FCOCF. The summed E-state index contributed by atoms with van der Waals surface area (Å²) in [5.74, 6) is -0.277. The van der Waals surface area contributed by atoms with Gasteiger partial charge in [0.05, 0.1) is 34.6 Å². The van der Waals surface area contributed by atoms with Crippen molar-refractivity contribution >= 4 is 24.2 Å². The quantitative estimate of drug-likeness (QED) is 0.0521. The van der Waals surface area contributed by atoms with Crippen LogP contribution in [-0.4, -0.2) is 118 Å². The summed E-state index contributed by atoms with van der Waals surface area (Å²) in [5, 5.41) is 10.5. The zero-order valence-corrected chi connectivity index (χ0v) is 29.8. The number of hydrogen-bond acceptors (Lipinski definition) is 8. The first-order valence-corrected chi connectivity index (χ1v) is 15.3. The third-order valence-electron chi connectivity index (χ3n) is 4.76. The summed E-state index contributed by atoms with van der Waals surface area (Å²) in [6.45, 7) is 0.884. The largest absolute Gasteiger partial charge is 0.559 e. The topological polar surface area (TPSA) is 153 Å². The maximum Gasteiger partial charge on any atom is 0.559 e. The molecule has 1 unspecified atom stereocenters. The number of alkyl halides is 13. The van der Waals surface area contributed by atoms with Crippen molar-refractivity contribution < 1.29 is 95.2 Å². The van der Waals surface area contributed by atoms with E-state index in [-0.39, 0.29) is 18.9 Å². The van der Waals surface area contributed by atoms with Crippen LogP contribution in [0, 0.1) is 0 Å². The van der Waals surface area contributed by atoms with E-state index in [4.69, 9.17) is 9.47 Å². The molecule has 0 fully saturated rings. The summed E-state index contributed by atoms with van der Waals surface area (Å²) in [5.41, 5.74) is 0. The number of halogens is 13. The van der Waals surface area contributed by atoms with E-state index in [1.807, 2.05) is 0 Å². The predicted molar refractivity (Wildman–Crippen MR) is 166 cm³/mol. The van der Waals surface area contributed by atoms with E-state index in [2.05, 4.69) is 30.7 Å². The molecule has 0 rings (SSSR count). The van der Waals surface area contributed by atoms with Crippen LogP contribution in [0.5, 0.6) is 0 Å². The number of hydrogen-bond donors (Lipinski definition) is 4. The maximum atomic E-state index is 12.0. The molecule has 0 saturated heterocycles. The van der Waals surface area contributed by atoms with Gasteiger partial charge in [0, 0.05) is 26.2 Å². The number of carbonyl (C=O) groups excluding carboxylic acids is 4. The molecule has 12 nitrogen and oxygen atoms in total. The van der Waals surface area contributed by atoms with E-state index < -0.39 is 57.6 Å². The van der Waals surface area contributed by atoms with Gasteiger partial charge >= 0.3 is 31.1 Å². The Bertz CT molecular complexity index is 796. The van der Waals surface area contributed by atoms with Crippen molar-refractivity contribution in [3.63, 3.8) is 0 Å². The Labute approximate surface area is 299 Å². The average molecular weight is 819 g/mol. The van der Waals surface area contributed by atoms with Crippen molar-refractivity contribution in [2.24, 2.45) is 0 Å². The van der Waals surface area contributed by atoms with E-state index in [0.717, 1.165) is 51.4 Å². The Morgan fingerprint density at radius 3 is 1.23 bits per heavy atom. The maximum absolute atomic E-state index is 12.0. The molecule has 0 aliphatic rings. The molecule has 0 aromatic carbocycles. The number of ether oxygens (including phenoxy) is 4. The lowest BCUT2D eigenvalue weighted by Crippen LogP contribution is -2.33. The van der Waals surface area contributed by atoms with Gasteiger partial charge < -0.3 is 40.2 Å². The fraction of sp³-hybridized carbons (Fsp3) is 0.857. The molecule has 25 heteroatoms. The van der Waals surface area contributed by atoms with Gasteiger partial charge in [-0.2, -0.15) is 0 Å². The van der Waals surface area contributed by atoms with Crippen LogP contribution >= 0.6 is 0 Å². The molecular formula is C28H51F13N4O8. The van der Waals surface area contributed by atoms with Crippen LogP contribution in [-0.2, 0) is 23.7 Å². The van der Waals surface area contributed by atoms with Crippen molar-refractivity contribution in [3.8, 4) is 0 Å². The smallest absolute Gasteiger partial charge is 0.453 e. The molecule has 0 aromatic heterocycles. The number of unbranched alkanes of at least 4 members (excludes halogenated alkanes) is 6. The van der Waals surface area contributed by atoms with E-state index in [1.54, 1.807) is 6.92 Å². The van der Waals surface area contributed by atoms with Gasteiger partial charge in [-0.25, -0.2) is 23.2 Å². The minimum absolute atomic E-state index is 0.0490. The number of rotatable bonds is 21. The lowest BCUT2D eigenvalue weighted by atomic mass is 10.2. The third-order valence-corrected chi connectivity index (χ3v) is 4.76. The third kappa shape index (κ3) is 88.0. The molecule has 0 radical (unpaired) electrons. The molecule has 1 atom stereocenters. The average Bonchev–Trinajstić information content (AvgIpc) is 3.07. The van der Waals surface area contributed by atoms with Crippen molar-refractivity contribution in [2.45, 2.75) is 83.7 Å². The van der Waals surface area contributed by atoms with E-state index in [0.29, 0.717) is 40.5 Å². The molecule has 0 aromatic rings. The molecule has 0 aliphatic heterocycles. The minimum atomic E-state index is -5.50. The number of alkyl carbamates (subject to hydrolysis) is 3. The Morgan fingerprint density at radius 1 is 0.566 bits per heavy atom. The lowest BCUT2D eigenvalue weighted by Gasteiger charge is -2.14. The second-order valence-electron chi connectivity index (χ2n) is 8.98. The molecular weight excluding hydrogens is 767 g/mol. The number of amides is 4. The van der Waals surface area contributed by atoms with Crippen LogP contribution < -0.4 is 21.3 Å². The zero-order chi connectivity index (χ0) is 42.6. The number of nitrogens with one attached hydrogen (secondary N) is 4. The number of methoxy groups -OCH3 is 1. The lowest BCUT2D eigenvalue weighted by molar-refractivity contribution is -0.238. The highest BCUT2D eigenvalue weighted by atomic mass is 19.5.